The third-order valence-electron chi connectivity index (χ3n) is 4.38. The van der Waals surface area contributed by atoms with Crippen molar-refractivity contribution >= 4 is 39.6 Å². The lowest BCUT2D eigenvalue weighted by Gasteiger charge is -2.16. The number of nitrogens with one attached hydrogen (secondary N) is 1. The molecule has 0 unspecified atom stereocenters. The standard InChI is InChI=1S/C16H15BrN2O5/c17-9-2-4-11-12(6-9)15(22)19(14(11)21)7-13(20)18-10-3-1-8(5-10)16(23)24/h2,4,6,8,10H,1,3,5,7H2,(H,18,20)(H,23,24)/t8-,10+/m0/s1. The van der Waals surface area contributed by atoms with Crippen LogP contribution >= 0.6 is 15.9 Å². The van der Waals surface area contributed by atoms with Gasteiger partial charge >= 0.3 is 5.97 Å². The monoisotopic (exact) mass is 394 g/mol. The van der Waals surface area contributed by atoms with Gasteiger partial charge in [0, 0.05) is 10.5 Å². The van der Waals surface area contributed by atoms with E-state index in [1.54, 1.807) is 18.2 Å². The summed E-state index contributed by atoms with van der Waals surface area (Å²) in [6.45, 7) is -0.363. The van der Waals surface area contributed by atoms with E-state index in [0.717, 1.165) is 4.90 Å². The zero-order chi connectivity index (χ0) is 17.4. The van der Waals surface area contributed by atoms with E-state index in [4.69, 9.17) is 5.11 Å². The van der Waals surface area contributed by atoms with Crippen molar-refractivity contribution in [3.63, 3.8) is 0 Å². The van der Waals surface area contributed by atoms with Crippen molar-refractivity contribution in [3.8, 4) is 0 Å². The molecule has 0 spiro atoms. The number of carbonyl (C=O) groups excluding carboxylic acids is 3. The molecular formula is C16H15BrN2O5. The van der Waals surface area contributed by atoms with Crippen LogP contribution in [0.5, 0.6) is 0 Å². The number of imide groups is 1. The molecule has 0 radical (unpaired) electrons. The van der Waals surface area contributed by atoms with Gasteiger partial charge in [0.1, 0.15) is 6.54 Å². The molecule has 0 aromatic heterocycles. The topological polar surface area (TPSA) is 104 Å². The van der Waals surface area contributed by atoms with E-state index in [-0.39, 0.29) is 23.7 Å². The second kappa shape index (κ2) is 6.35. The zero-order valence-corrected chi connectivity index (χ0v) is 14.2. The third-order valence-corrected chi connectivity index (χ3v) is 4.87. The Balaban J connectivity index is 1.63. The Morgan fingerprint density at radius 3 is 2.58 bits per heavy atom. The highest BCUT2D eigenvalue weighted by atomic mass is 79.9. The van der Waals surface area contributed by atoms with Crippen LogP contribution in [0.4, 0.5) is 0 Å². The molecule has 1 saturated carbocycles. The first-order chi connectivity index (χ1) is 11.4. The number of fused-ring (bicyclic) bond motifs is 1. The molecule has 2 aliphatic rings. The van der Waals surface area contributed by atoms with Crippen LogP contribution in [0.2, 0.25) is 0 Å². The van der Waals surface area contributed by atoms with Crippen molar-refractivity contribution in [1.29, 1.82) is 0 Å². The van der Waals surface area contributed by atoms with Gasteiger partial charge in [0.05, 0.1) is 17.0 Å². The molecule has 0 bridgehead atoms. The lowest BCUT2D eigenvalue weighted by molar-refractivity contribution is -0.141. The highest BCUT2D eigenvalue weighted by Crippen LogP contribution is 2.27. The third kappa shape index (κ3) is 3.06. The molecule has 1 fully saturated rings. The van der Waals surface area contributed by atoms with E-state index in [9.17, 15) is 19.2 Å². The van der Waals surface area contributed by atoms with Crippen molar-refractivity contribution < 1.29 is 24.3 Å². The van der Waals surface area contributed by atoms with E-state index in [1.807, 2.05) is 0 Å². The van der Waals surface area contributed by atoms with Gasteiger partial charge in [0.25, 0.3) is 11.8 Å². The Labute approximate surface area is 146 Å². The number of carbonyl (C=O) groups is 4. The van der Waals surface area contributed by atoms with Crippen molar-refractivity contribution in [2.24, 2.45) is 5.92 Å². The maximum Gasteiger partial charge on any atom is 0.306 e. The first-order valence-corrected chi connectivity index (χ1v) is 8.34. The second-order valence-electron chi connectivity index (χ2n) is 6.00. The number of aliphatic carboxylic acids is 1. The summed E-state index contributed by atoms with van der Waals surface area (Å²) in [4.78, 5) is 48.5. The van der Waals surface area contributed by atoms with Crippen LogP contribution in [0.3, 0.4) is 0 Å². The molecule has 1 aliphatic carbocycles. The van der Waals surface area contributed by atoms with Gasteiger partial charge in [-0.25, -0.2) is 0 Å². The SMILES string of the molecule is O=C(CN1C(=O)c2ccc(Br)cc2C1=O)N[C@@H]1CC[C@H](C(=O)O)C1. The second-order valence-corrected chi connectivity index (χ2v) is 6.91. The Morgan fingerprint density at radius 2 is 1.92 bits per heavy atom. The molecule has 1 aromatic carbocycles. The summed E-state index contributed by atoms with van der Waals surface area (Å²) >= 11 is 3.25. The van der Waals surface area contributed by atoms with E-state index in [1.165, 1.54) is 0 Å². The smallest absolute Gasteiger partial charge is 0.306 e. The van der Waals surface area contributed by atoms with Crippen molar-refractivity contribution in [3.05, 3.63) is 33.8 Å². The summed E-state index contributed by atoms with van der Waals surface area (Å²) in [7, 11) is 0. The highest BCUT2D eigenvalue weighted by Gasteiger charge is 2.37. The van der Waals surface area contributed by atoms with Gasteiger partial charge in [0.15, 0.2) is 0 Å². The summed E-state index contributed by atoms with van der Waals surface area (Å²) < 4.78 is 0.680. The highest BCUT2D eigenvalue weighted by molar-refractivity contribution is 9.10. The molecular weight excluding hydrogens is 380 g/mol. The number of hydrogen-bond donors (Lipinski definition) is 2. The fraction of sp³-hybridized carbons (Fsp3) is 0.375. The molecule has 24 heavy (non-hydrogen) atoms. The minimum absolute atomic E-state index is 0.233. The molecule has 3 rings (SSSR count). The molecule has 3 amide bonds. The molecule has 2 N–H and O–H groups in total. The van der Waals surface area contributed by atoms with Crippen LogP contribution in [0.1, 0.15) is 40.0 Å². The largest absolute Gasteiger partial charge is 0.481 e. The average molecular weight is 395 g/mol. The lowest BCUT2D eigenvalue weighted by atomic mass is 10.1. The number of benzene rings is 1. The summed E-state index contributed by atoms with van der Waals surface area (Å²) in [6.07, 6.45) is 1.47. The predicted molar refractivity (Wildman–Crippen MR) is 86.4 cm³/mol. The zero-order valence-electron chi connectivity index (χ0n) is 12.6. The Hall–Kier alpha value is -2.22. The number of carboxylic acids is 1. The average Bonchev–Trinajstić information content (AvgIpc) is 3.07. The van der Waals surface area contributed by atoms with E-state index >= 15 is 0 Å². The summed E-state index contributed by atoms with van der Waals surface area (Å²) in [6, 6.07) is 4.54. The van der Waals surface area contributed by atoms with Crippen LogP contribution in [0.25, 0.3) is 0 Å². The van der Waals surface area contributed by atoms with Crippen molar-refractivity contribution in [1.82, 2.24) is 10.2 Å². The van der Waals surface area contributed by atoms with Crippen LogP contribution in [-0.2, 0) is 9.59 Å². The lowest BCUT2D eigenvalue weighted by Crippen LogP contribution is -2.43. The molecule has 0 saturated heterocycles. The number of amides is 3. The number of rotatable bonds is 4. The van der Waals surface area contributed by atoms with Gasteiger partial charge in [-0.05, 0) is 37.5 Å². The van der Waals surface area contributed by atoms with Gasteiger partial charge in [-0.2, -0.15) is 0 Å². The first kappa shape index (κ1) is 16.6. The number of hydrogen-bond acceptors (Lipinski definition) is 4. The fourth-order valence-electron chi connectivity index (χ4n) is 3.16. The predicted octanol–water partition coefficient (Wildman–Crippen LogP) is 1.41. The van der Waals surface area contributed by atoms with E-state index in [2.05, 4.69) is 21.2 Å². The normalized spacial score (nSPS) is 22.6. The minimum atomic E-state index is -0.863. The number of halogens is 1. The summed E-state index contributed by atoms with van der Waals surface area (Å²) in [5, 5.41) is 11.7. The number of nitrogens with zero attached hydrogens (tertiary/aromatic N) is 1. The molecule has 7 nitrogen and oxygen atoms in total. The van der Waals surface area contributed by atoms with Gasteiger partial charge < -0.3 is 10.4 Å². The molecule has 1 aliphatic heterocycles. The van der Waals surface area contributed by atoms with Gasteiger partial charge in [-0.3, -0.25) is 24.1 Å². The Morgan fingerprint density at radius 1 is 1.21 bits per heavy atom. The molecule has 8 heteroatoms. The van der Waals surface area contributed by atoms with Crippen LogP contribution in [0, 0.1) is 5.92 Å². The van der Waals surface area contributed by atoms with Crippen molar-refractivity contribution in [2.75, 3.05) is 6.54 Å². The molecule has 1 aromatic rings. The Kier molecular flexibility index (Phi) is 4.40. The van der Waals surface area contributed by atoms with E-state index in [0.29, 0.717) is 23.7 Å². The van der Waals surface area contributed by atoms with Crippen LogP contribution < -0.4 is 5.32 Å². The number of carboxylic acid groups (broad SMARTS) is 1. The fourth-order valence-corrected chi connectivity index (χ4v) is 3.52. The maximum atomic E-state index is 12.3. The first-order valence-electron chi connectivity index (χ1n) is 7.54. The Bertz CT molecular complexity index is 748. The van der Waals surface area contributed by atoms with Gasteiger partial charge in [0.2, 0.25) is 5.91 Å². The summed E-state index contributed by atoms with van der Waals surface area (Å²) in [5.74, 6) is -2.77. The molecule has 1 heterocycles. The minimum Gasteiger partial charge on any atom is -0.481 e. The molecule has 126 valence electrons. The summed E-state index contributed by atoms with van der Waals surface area (Å²) in [5.41, 5.74) is 0.553. The quantitative estimate of drug-likeness (QED) is 0.751. The van der Waals surface area contributed by atoms with Crippen LogP contribution in [-0.4, -0.2) is 46.3 Å². The maximum absolute atomic E-state index is 12.3. The van der Waals surface area contributed by atoms with Gasteiger partial charge in [-0.1, -0.05) is 15.9 Å². The molecule has 2 atom stereocenters. The van der Waals surface area contributed by atoms with Crippen LogP contribution in [0.15, 0.2) is 22.7 Å². The van der Waals surface area contributed by atoms with Gasteiger partial charge in [-0.15, -0.1) is 0 Å². The van der Waals surface area contributed by atoms with Crippen molar-refractivity contribution in [2.45, 2.75) is 25.3 Å². The van der Waals surface area contributed by atoms with E-state index < -0.39 is 29.6 Å².